The molecule has 1 heterocycles. The zero-order chi connectivity index (χ0) is 15.3. The highest BCUT2D eigenvalue weighted by Crippen LogP contribution is 2.38. The largest absolute Gasteiger partial charge is 0.495 e. The van der Waals surface area contributed by atoms with Crippen molar-refractivity contribution in [1.82, 2.24) is 0 Å². The standard InChI is InChI=1S/C13H17BF3NO2/c1-11(2)12(3,4)20-14(19-11)10-6-5-8(18)7-9(10)13(15,16)17/h5-7H,18H2,1-4H3. The third kappa shape index (κ3) is 2.52. The normalized spacial score (nSPS) is 21.2. The molecule has 0 radical (unpaired) electrons. The molecule has 20 heavy (non-hydrogen) atoms. The highest BCUT2D eigenvalue weighted by Gasteiger charge is 2.53. The first-order chi connectivity index (χ1) is 8.94. The molecule has 0 unspecified atom stereocenters. The van der Waals surface area contributed by atoms with E-state index in [0.717, 1.165) is 6.07 Å². The van der Waals surface area contributed by atoms with E-state index in [1.807, 2.05) is 0 Å². The number of hydrogen-bond donors (Lipinski definition) is 1. The number of hydrogen-bond acceptors (Lipinski definition) is 3. The molecule has 7 heteroatoms. The van der Waals surface area contributed by atoms with Gasteiger partial charge in [-0.15, -0.1) is 0 Å². The first-order valence-electron chi connectivity index (χ1n) is 6.26. The summed E-state index contributed by atoms with van der Waals surface area (Å²) >= 11 is 0. The highest BCUT2D eigenvalue weighted by molar-refractivity contribution is 6.62. The molecule has 1 aromatic rings. The second-order valence-corrected chi connectivity index (χ2v) is 5.93. The van der Waals surface area contributed by atoms with Crippen LogP contribution < -0.4 is 11.2 Å². The Morgan fingerprint density at radius 3 is 2.00 bits per heavy atom. The van der Waals surface area contributed by atoms with E-state index in [1.54, 1.807) is 27.7 Å². The fraction of sp³-hybridized carbons (Fsp3) is 0.538. The van der Waals surface area contributed by atoms with Crippen molar-refractivity contribution in [2.75, 3.05) is 5.73 Å². The van der Waals surface area contributed by atoms with Crippen LogP contribution in [0, 0.1) is 0 Å². The van der Waals surface area contributed by atoms with Gasteiger partial charge in [-0.25, -0.2) is 0 Å². The van der Waals surface area contributed by atoms with E-state index in [4.69, 9.17) is 15.0 Å². The van der Waals surface area contributed by atoms with Crippen LogP contribution in [0.5, 0.6) is 0 Å². The van der Waals surface area contributed by atoms with Gasteiger partial charge in [-0.3, -0.25) is 0 Å². The van der Waals surface area contributed by atoms with E-state index in [0.29, 0.717) is 0 Å². The Bertz CT molecular complexity index is 513. The highest BCUT2D eigenvalue weighted by atomic mass is 19.4. The van der Waals surface area contributed by atoms with Crippen molar-refractivity contribution in [3.8, 4) is 0 Å². The van der Waals surface area contributed by atoms with Crippen LogP contribution in [0.2, 0.25) is 0 Å². The van der Waals surface area contributed by atoms with Crippen LogP contribution in [0.15, 0.2) is 18.2 Å². The average Bonchev–Trinajstić information content (AvgIpc) is 2.46. The van der Waals surface area contributed by atoms with Gasteiger partial charge in [0, 0.05) is 5.69 Å². The molecule has 1 aromatic carbocycles. The molecule has 2 N–H and O–H groups in total. The Hall–Kier alpha value is -1.21. The lowest BCUT2D eigenvalue weighted by atomic mass is 9.75. The summed E-state index contributed by atoms with van der Waals surface area (Å²) in [6.45, 7) is 7.16. The molecule has 1 saturated heterocycles. The molecule has 1 aliphatic rings. The molecule has 0 aromatic heterocycles. The van der Waals surface area contributed by atoms with E-state index < -0.39 is 30.1 Å². The molecule has 0 amide bonds. The monoisotopic (exact) mass is 287 g/mol. The Labute approximate surface area is 116 Å². The predicted octanol–water partition coefficient (Wildman–Crippen LogP) is 2.59. The minimum Gasteiger partial charge on any atom is -0.399 e. The number of anilines is 1. The average molecular weight is 287 g/mol. The van der Waals surface area contributed by atoms with E-state index >= 15 is 0 Å². The van der Waals surface area contributed by atoms with Gasteiger partial charge < -0.3 is 15.0 Å². The summed E-state index contributed by atoms with van der Waals surface area (Å²) in [4.78, 5) is 0. The van der Waals surface area contributed by atoms with Gasteiger partial charge in [-0.2, -0.15) is 13.2 Å². The summed E-state index contributed by atoms with van der Waals surface area (Å²) in [5.74, 6) is 0. The molecule has 0 spiro atoms. The van der Waals surface area contributed by atoms with Gasteiger partial charge in [-0.05, 0) is 45.3 Å². The molecular weight excluding hydrogens is 270 g/mol. The maximum atomic E-state index is 13.1. The Balaban J connectivity index is 2.46. The first kappa shape index (κ1) is 15.2. The first-order valence-corrected chi connectivity index (χ1v) is 6.26. The van der Waals surface area contributed by atoms with Crippen LogP contribution in [0.25, 0.3) is 0 Å². The van der Waals surface area contributed by atoms with Crippen molar-refractivity contribution in [2.45, 2.75) is 45.1 Å². The van der Waals surface area contributed by atoms with Crippen LogP contribution in [0.3, 0.4) is 0 Å². The minimum absolute atomic E-state index is 0.0506. The summed E-state index contributed by atoms with van der Waals surface area (Å²) < 4.78 is 50.6. The van der Waals surface area contributed by atoms with Crippen molar-refractivity contribution < 1.29 is 22.5 Å². The number of alkyl halides is 3. The molecule has 0 saturated carbocycles. The van der Waals surface area contributed by atoms with Gasteiger partial charge in [0.2, 0.25) is 0 Å². The van der Waals surface area contributed by atoms with E-state index in [9.17, 15) is 13.2 Å². The summed E-state index contributed by atoms with van der Waals surface area (Å²) in [5, 5.41) is 0. The maximum absolute atomic E-state index is 13.1. The fourth-order valence-electron chi connectivity index (χ4n) is 1.99. The zero-order valence-electron chi connectivity index (χ0n) is 11.8. The summed E-state index contributed by atoms with van der Waals surface area (Å²) in [6, 6.07) is 3.62. The van der Waals surface area contributed by atoms with Gasteiger partial charge in [0.15, 0.2) is 0 Å². The Morgan fingerprint density at radius 2 is 1.55 bits per heavy atom. The van der Waals surface area contributed by atoms with Crippen molar-refractivity contribution in [3.63, 3.8) is 0 Å². The topological polar surface area (TPSA) is 44.5 Å². The third-order valence-electron chi connectivity index (χ3n) is 3.89. The van der Waals surface area contributed by atoms with Gasteiger partial charge in [-0.1, -0.05) is 6.07 Å². The smallest absolute Gasteiger partial charge is 0.399 e. The van der Waals surface area contributed by atoms with Crippen LogP contribution in [0.4, 0.5) is 18.9 Å². The van der Waals surface area contributed by atoms with Gasteiger partial charge in [0.1, 0.15) is 0 Å². The number of benzene rings is 1. The minimum atomic E-state index is -4.51. The number of nitrogen functional groups attached to an aromatic ring is 1. The lowest BCUT2D eigenvalue weighted by Gasteiger charge is -2.32. The molecule has 1 aliphatic heterocycles. The molecule has 3 nitrogen and oxygen atoms in total. The van der Waals surface area contributed by atoms with Crippen LogP contribution in [0.1, 0.15) is 33.3 Å². The Morgan fingerprint density at radius 1 is 1.05 bits per heavy atom. The SMILES string of the molecule is CC1(C)OB(c2ccc(N)cc2C(F)(F)F)OC1(C)C. The lowest BCUT2D eigenvalue weighted by Crippen LogP contribution is -2.41. The summed E-state index contributed by atoms with van der Waals surface area (Å²) in [5.41, 5.74) is 3.24. The van der Waals surface area contributed by atoms with Gasteiger partial charge in [0.25, 0.3) is 0 Å². The Kier molecular flexibility index (Phi) is 3.34. The molecule has 1 fully saturated rings. The van der Waals surface area contributed by atoms with E-state index in [2.05, 4.69) is 0 Å². The fourth-order valence-corrected chi connectivity index (χ4v) is 1.99. The lowest BCUT2D eigenvalue weighted by molar-refractivity contribution is -0.136. The van der Waals surface area contributed by atoms with Gasteiger partial charge in [0.05, 0.1) is 16.8 Å². The molecule has 0 bridgehead atoms. The predicted molar refractivity (Wildman–Crippen MR) is 71.6 cm³/mol. The molecular formula is C13H17BF3NO2. The third-order valence-corrected chi connectivity index (χ3v) is 3.89. The molecule has 2 rings (SSSR count). The van der Waals surface area contributed by atoms with Crippen molar-refractivity contribution in [3.05, 3.63) is 23.8 Å². The summed E-state index contributed by atoms with van der Waals surface area (Å²) in [7, 11) is -1.06. The summed E-state index contributed by atoms with van der Waals surface area (Å²) in [6.07, 6.45) is -4.51. The van der Waals surface area contributed by atoms with Crippen molar-refractivity contribution in [2.24, 2.45) is 0 Å². The second-order valence-electron chi connectivity index (χ2n) is 5.93. The molecule has 110 valence electrons. The zero-order valence-corrected chi connectivity index (χ0v) is 11.8. The number of rotatable bonds is 1. The van der Waals surface area contributed by atoms with Gasteiger partial charge >= 0.3 is 13.3 Å². The van der Waals surface area contributed by atoms with Crippen LogP contribution in [-0.4, -0.2) is 18.3 Å². The van der Waals surface area contributed by atoms with E-state index in [-0.39, 0.29) is 11.2 Å². The van der Waals surface area contributed by atoms with E-state index in [1.165, 1.54) is 12.1 Å². The van der Waals surface area contributed by atoms with Crippen LogP contribution >= 0.6 is 0 Å². The quantitative estimate of drug-likeness (QED) is 0.638. The maximum Gasteiger partial charge on any atom is 0.495 e. The second kappa shape index (κ2) is 4.39. The van der Waals surface area contributed by atoms with Crippen molar-refractivity contribution >= 4 is 18.3 Å². The molecule has 0 atom stereocenters. The molecule has 0 aliphatic carbocycles. The number of halogens is 3. The number of nitrogens with two attached hydrogens (primary N) is 1. The van der Waals surface area contributed by atoms with Crippen LogP contribution in [-0.2, 0) is 15.5 Å². The van der Waals surface area contributed by atoms with Crippen molar-refractivity contribution in [1.29, 1.82) is 0 Å².